The van der Waals surface area contributed by atoms with Crippen LogP contribution in [-0.4, -0.2) is 31.1 Å². The van der Waals surface area contributed by atoms with E-state index in [1.165, 1.54) is 25.8 Å². The first kappa shape index (κ1) is 10.9. The van der Waals surface area contributed by atoms with Crippen molar-refractivity contribution < 1.29 is 0 Å². The molecule has 0 aromatic rings. The first-order chi connectivity index (χ1) is 5.20. The van der Waals surface area contributed by atoms with Crippen LogP contribution >= 0.6 is 0 Å². The van der Waals surface area contributed by atoms with E-state index in [1.54, 1.807) is 0 Å². The number of likely N-dealkylation sites (tertiary alicyclic amines) is 1. The normalized spacial score (nSPS) is 25.6. The minimum atomic E-state index is 0.439. The molecule has 0 radical (unpaired) electrons. The van der Waals surface area contributed by atoms with E-state index in [2.05, 4.69) is 25.8 Å². The van der Waals surface area contributed by atoms with E-state index in [1.807, 2.05) is 0 Å². The summed E-state index contributed by atoms with van der Waals surface area (Å²) in [7, 11) is 2.12. The second-order valence-electron chi connectivity index (χ2n) is 3.37. The molecule has 0 aromatic carbocycles. The van der Waals surface area contributed by atoms with E-state index in [9.17, 15) is 0 Å². The van der Waals surface area contributed by atoms with Crippen molar-refractivity contribution in [1.29, 1.82) is 0 Å². The molecule has 1 rings (SSSR count). The predicted octanol–water partition coefficient (Wildman–Crippen LogP) is 1.46. The molecule has 1 atom stereocenters. The van der Waals surface area contributed by atoms with Gasteiger partial charge in [-0.15, -0.1) is 0 Å². The fourth-order valence-corrected chi connectivity index (χ4v) is 1.21. The van der Waals surface area contributed by atoms with Gasteiger partial charge < -0.3 is 10.6 Å². The van der Waals surface area contributed by atoms with Crippen LogP contribution in [0.25, 0.3) is 0 Å². The number of nitrogens with zero attached hydrogens (tertiary/aromatic N) is 1. The van der Waals surface area contributed by atoms with Crippen LogP contribution in [0.15, 0.2) is 0 Å². The van der Waals surface area contributed by atoms with Crippen LogP contribution in [0.1, 0.15) is 33.1 Å². The van der Waals surface area contributed by atoms with Gasteiger partial charge >= 0.3 is 0 Å². The number of likely N-dealkylation sites (N-methyl/N-ethyl adjacent to an activating group) is 1. The Labute approximate surface area is 70.8 Å². The molecule has 0 saturated carbocycles. The Morgan fingerprint density at radius 1 is 1.45 bits per heavy atom. The van der Waals surface area contributed by atoms with Crippen LogP contribution in [0, 0.1) is 0 Å². The third-order valence-corrected chi connectivity index (χ3v) is 1.66. The van der Waals surface area contributed by atoms with Gasteiger partial charge in [-0.2, -0.15) is 0 Å². The molecule has 11 heavy (non-hydrogen) atoms. The molecule has 1 aliphatic heterocycles. The highest BCUT2D eigenvalue weighted by atomic mass is 15.1. The Morgan fingerprint density at radius 2 is 2.00 bits per heavy atom. The summed E-state index contributed by atoms with van der Waals surface area (Å²) in [5, 5.41) is 0. The Kier molecular flexibility index (Phi) is 6.57. The van der Waals surface area contributed by atoms with Crippen LogP contribution in [0.4, 0.5) is 0 Å². The van der Waals surface area contributed by atoms with Gasteiger partial charge in [-0.1, -0.05) is 20.3 Å². The number of piperidine rings is 1. The Morgan fingerprint density at radius 3 is 2.27 bits per heavy atom. The maximum absolute atomic E-state index is 5.68. The number of hydrogen-bond acceptors (Lipinski definition) is 2. The summed E-state index contributed by atoms with van der Waals surface area (Å²) in [5.74, 6) is 0. The van der Waals surface area contributed by atoms with Crippen molar-refractivity contribution in [3.63, 3.8) is 0 Å². The highest BCUT2D eigenvalue weighted by Gasteiger charge is 2.11. The topological polar surface area (TPSA) is 29.3 Å². The van der Waals surface area contributed by atoms with E-state index in [-0.39, 0.29) is 0 Å². The zero-order chi connectivity index (χ0) is 8.69. The quantitative estimate of drug-likeness (QED) is 0.578. The Balaban J connectivity index is 0.000000292. The Bertz CT molecular complexity index is 75.6. The van der Waals surface area contributed by atoms with E-state index in [0.717, 1.165) is 6.54 Å². The first-order valence-corrected chi connectivity index (χ1v) is 4.64. The minimum absolute atomic E-state index is 0.439. The zero-order valence-corrected chi connectivity index (χ0v) is 8.14. The van der Waals surface area contributed by atoms with E-state index in [0.29, 0.717) is 6.04 Å². The molecule has 0 spiro atoms. The molecule has 2 heteroatoms. The van der Waals surface area contributed by atoms with Gasteiger partial charge in [0.2, 0.25) is 0 Å². The van der Waals surface area contributed by atoms with Crippen LogP contribution in [0.3, 0.4) is 0 Å². The van der Waals surface area contributed by atoms with Gasteiger partial charge in [0.25, 0.3) is 0 Å². The lowest BCUT2D eigenvalue weighted by atomic mass is 10.1. The number of rotatable bonds is 0. The fourth-order valence-electron chi connectivity index (χ4n) is 1.21. The molecule has 0 aliphatic carbocycles. The number of nitrogens with two attached hydrogens (primary N) is 1. The van der Waals surface area contributed by atoms with Crippen LogP contribution in [0.5, 0.6) is 0 Å². The third kappa shape index (κ3) is 6.32. The van der Waals surface area contributed by atoms with E-state index in [4.69, 9.17) is 5.73 Å². The van der Waals surface area contributed by atoms with Crippen molar-refractivity contribution in [2.45, 2.75) is 39.2 Å². The predicted molar refractivity (Wildman–Crippen MR) is 50.7 cm³/mol. The summed E-state index contributed by atoms with van der Waals surface area (Å²) < 4.78 is 0. The molecule has 1 heterocycles. The summed E-state index contributed by atoms with van der Waals surface area (Å²) in [6.45, 7) is 6.56. The molecule has 1 unspecified atom stereocenters. The van der Waals surface area contributed by atoms with Gasteiger partial charge in [0.15, 0.2) is 0 Å². The second-order valence-corrected chi connectivity index (χ2v) is 3.37. The average Bonchev–Trinajstić information content (AvgIpc) is 1.88. The van der Waals surface area contributed by atoms with Crippen molar-refractivity contribution in [3.8, 4) is 0 Å². The molecule has 0 aromatic heterocycles. The lowest BCUT2D eigenvalue weighted by Gasteiger charge is -2.26. The molecular formula is C9H22N2. The standard InChI is InChI=1S/C6H14N2.C3H8/c1-8-4-2-3-6(7)5-8;1-3-2/h6H,2-5,7H2,1H3;3H2,1-2H3. The van der Waals surface area contributed by atoms with Crippen LogP contribution in [-0.2, 0) is 0 Å². The summed E-state index contributed by atoms with van der Waals surface area (Å²) in [5.41, 5.74) is 5.68. The smallest absolute Gasteiger partial charge is 0.0168 e. The summed E-state index contributed by atoms with van der Waals surface area (Å²) >= 11 is 0. The highest BCUT2D eigenvalue weighted by molar-refractivity contribution is 4.71. The molecule has 1 saturated heterocycles. The molecule has 0 bridgehead atoms. The van der Waals surface area contributed by atoms with Gasteiger partial charge in [0.05, 0.1) is 0 Å². The Hall–Kier alpha value is -0.0800. The maximum atomic E-state index is 5.68. The van der Waals surface area contributed by atoms with Gasteiger partial charge in [0, 0.05) is 12.6 Å². The molecule has 2 nitrogen and oxygen atoms in total. The van der Waals surface area contributed by atoms with Crippen molar-refractivity contribution in [2.75, 3.05) is 20.1 Å². The monoisotopic (exact) mass is 158 g/mol. The van der Waals surface area contributed by atoms with Gasteiger partial charge in [-0.05, 0) is 26.4 Å². The lowest BCUT2D eigenvalue weighted by Crippen LogP contribution is -2.40. The van der Waals surface area contributed by atoms with Gasteiger partial charge in [-0.3, -0.25) is 0 Å². The van der Waals surface area contributed by atoms with E-state index >= 15 is 0 Å². The molecule has 0 amide bonds. The summed E-state index contributed by atoms with van der Waals surface area (Å²) in [6.07, 6.45) is 3.74. The van der Waals surface area contributed by atoms with E-state index < -0.39 is 0 Å². The van der Waals surface area contributed by atoms with Crippen molar-refractivity contribution in [2.24, 2.45) is 5.73 Å². The van der Waals surface area contributed by atoms with Gasteiger partial charge in [0.1, 0.15) is 0 Å². The largest absolute Gasteiger partial charge is 0.327 e. The van der Waals surface area contributed by atoms with Crippen molar-refractivity contribution in [3.05, 3.63) is 0 Å². The average molecular weight is 158 g/mol. The molecule has 2 N–H and O–H groups in total. The molecular weight excluding hydrogens is 136 g/mol. The van der Waals surface area contributed by atoms with Crippen LogP contribution in [0.2, 0.25) is 0 Å². The molecule has 1 fully saturated rings. The zero-order valence-electron chi connectivity index (χ0n) is 8.14. The maximum Gasteiger partial charge on any atom is 0.0168 e. The minimum Gasteiger partial charge on any atom is -0.327 e. The summed E-state index contributed by atoms with van der Waals surface area (Å²) in [6, 6.07) is 0.439. The SMILES string of the molecule is CCC.CN1CCCC(N)C1. The highest BCUT2D eigenvalue weighted by Crippen LogP contribution is 2.04. The van der Waals surface area contributed by atoms with Crippen LogP contribution < -0.4 is 5.73 Å². The second kappa shape index (κ2) is 6.62. The molecule has 1 aliphatic rings. The van der Waals surface area contributed by atoms with Crippen molar-refractivity contribution in [1.82, 2.24) is 4.90 Å². The lowest BCUT2D eigenvalue weighted by molar-refractivity contribution is 0.252. The third-order valence-electron chi connectivity index (χ3n) is 1.66. The fraction of sp³-hybridized carbons (Fsp3) is 1.00. The first-order valence-electron chi connectivity index (χ1n) is 4.64. The van der Waals surface area contributed by atoms with Crippen molar-refractivity contribution >= 4 is 0 Å². The molecule has 68 valence electrons. The number of hydrogen-bond donors (Lipinski definition) is 1. The van der Waals surface area contributed by atoms with Gasteiger partial charge in [-0.25, -0.2) is 0 Å². The summed E-state index contributed by atoms with van der Waals surface area (Å²) in [4.78, 5) is 2.29.